The lowest BCUT2D eigenvalue weighted by molar-refractivity contribution is 0.0954. The molecule has 0 fully saturated rings. The minimum atomic E-state index is -0.161. The third kappa shape index (κ3) is 5.06. The Morgan fingerprint density at radius 3 is 2.76 bits per heavy atom. The van der Waals surface area contributed by atoms with Crippen molar-refractivity contribution in [3.8, 4) is 0 Å². The summed E-state index contributed by atoms with van der Waals surface area (Å²) in [4.78, 5) is 11.8. The fourth-order valence-electron chi connectivity index (χ4n) is 1.13. The zero-order chi connectivity index (χ0) is 12.1. The Kier molecular flexibility index (Phi) is 7.43. The van der Waals surface area contributed by atoms with E-state index in [1.54, 1.807) is 30.0 Å². The minimum Gasteiger partial charge on any atom is -0.399 e. The molecule has 1 aromatic carbocycles. The number of hydrogen-bond acceptors (Lipinski definition) is 3. The van der Waals surface area contributed by atoms with Gasteiger partial charge in [-0.25, -0.2) is 0 Å². The van der Waals surface area contributed by atoms with Crippen molar-refractivity contribution < 1.29 is 4.79 Å². The van der Waals surface area contributed by atoms with E-state index in [0.717, 1.165) is 0 Å². The molecule has 1 rings (SSSR count). The summed E-state index contributed by atoms with van der Waals surface area (Å²) >= 11 is 7.63. The molecule has 96 valence electrons. The van der Waals surface area contributed by atoms with E-state index in [1.165, 1.54) is 0 Å². The van der Waals surface area contributed by atoms with Crippen LogP contribution in [0.1, 0.15) is 17.3 Å². The molecule has 0 saturated heterocycles. The Hall–Kier alpha value is -0.580. The number of carbonyl (C=O) groups is 1. The van der Waals surface area contributed by atoms with Crippen LogP contribution in [0, 0.1) is 0 Å². The van der Waals surface area contributed by atoms with Crippen molar-refractivity contribution in [3.63, 3.8) is 0 Å². The van der Waals surface area contributed by atoms with E-state index < -0.39 is 0 Å². The van der Waals surface area contributed by atoms with E-state index in [4.69, 9.17) is 17.3 Å². The molecule has 0 heterocycles. The molecule has 3 N–H and O–H groups in total. The highest BCUT2D eigenvalue weighted by atomic mass is 35.5. The van der Waals surface area contributed by atoms with Crippen molar-refractivity contribution in [1.82, 2.24) is 5.32 Å². The fourth-order valence-corrected chi connectivity index (χ4v) is 1.66. The second-order valence-electron chi connectivity index (χ2n) is 3.50. The molecule has 6 heteroatoms. The molecule has 3 nitrogen and oxygen atoms in total. The van der Waals surface area contributed by atoms with Gasteiger partial charge in [0.15, 0.2) is 0 Å². The predicted octanol–water partition coefficient (Wildman–Crippen LogP) is 2.83. The largest absolute Gasteiger partial charge is 0.399 e. The lowest BCUT2D eigenvalue weighted by Crippen LogP contribution is -2.29. The number of carbonyl (C=O) groups excluding carboxylic acids is 1. The molecule has 1 atom stereocenters. The van der Waals surface area contributed by atoms with Gasteiger partial charge in [0.25, 0.3) is 5.91 Å². The van der Waals surface area contributed by atoms with Crippen molar-refractivity contribution in [2.24, 2.45) is 0 Å². The zero-order valence-electron chi connectivity index (χ0n) is 9.70. The second-order valence-corrected chi connectivity index (χ2v) is 5.18. The molecule has 0 spiro atoms. The number of rotatable bonds is 4. The van der Waals surface area contributed by atoms with Crippen molar-refractivity contribution in [2.45, 2.75) is 12.2 Å². The topological polar surface area (TPSA) is 55.1 Å². The molecule has 1 amide bonds. The number of halogens is 2. The van der Waals surface area contributed by atoms with E-state index in [9.17, 15) is 4.79 Å². The van der Waals surface area contributed by atoms with Gasteiger partial charge in [0.1, 0.15) is 0 Å². The van der Waals surface area contributed by atoms with Crippen LogP contribution in [-0.2, 0) is 0 Å². The average Bonchev–Trinajstić information content (AvgIpc) is 2.25. The summed E-state index contributed by atoms with van der Waals surface area (Å²) in [5.74, 6) is -0.161. The second kappa shape index (κ2) is 7.69. The molecule has 1 unspecified atom stereocenters. The van der Waals surface area contributed by atoms with Crippen molar-refractivity contribution in [1.29, 1.82) is 0 Å². The Labute approximate surface area is 117 Å². The molecular formula is C11H16Cl2N2OS. The van der Waals surface area contributed by atoms with Crippen molar-refractivity contribution in [3.05, 3.63) is 28.8 Å². The summed E-state index contributed by atoms with van der Waals surface area (Å²) < 4.78 is 0. The number of benzene rings is 1. The Morgan fingerprint density at radius 2 is 2.24 bits per heavy atom. The monoisotopic (exact) mass is 294 g/mol. The first-order chi connectivity index (χ1) is 7.54. The van der Waals surface area contributed by atoms with Crippen LogP contribution in [0.5, 0.6) is 0 Å². The lowest BCUT2D eigenvalue weighted by Gasteiger charge is -2.10. The van der Waals surface area contributed by atoms with Crippen LogP contribution in [0.2, 0.25) is 5.02 Å². The van der Waals surface area contributed by atoms with E-state index in [-0.39, 0.29) is 18.3 Å². The summed E-state index contributed by atoms with van der Waals surface area (Å²) in [6, 6.07) is 4.88. The highest BCUT2D eigenvalue weighted by Gasteiger charge is 2.10. The normalized spacial score (nSPS) is 11.5. The van der Waals surface area contributed by atoms with Crippen molar-refractivity contribution in [2.75, 3.05) is 18.5 Å². The van der Waals surface area contributed by atoms with Crippen LogP contribution >= 0.6 is 35.8 Å². The molecule has 0 aliphatic rings. The van der Waals surface area contributed by atoms with E-state index in [2.05, 4.69) is 12.2 Å². The molecular weight excluding hydrogens is 279 g/mol. The number of nitrogen functional groups attached to an aromatic ring is 1. The lowest BCUT2D eigenvalue weighted by atomic mass is 10.2. The quantitative estimate of drug-likeness (QED) is 0.840. The summed E-state index contributed by atoms with van der Waals surface area (Å²) in [6.45, 7) is 2.68. The summed E-state index contributed by atoms with van der Waals surface area (Å²) in [7, 11) is 0. The number of nitrogens with two attached hydrogens (primary N) is 1. The van der Waals surface area contributed by atoms with Gasteiger partial charge in [-0.1, -0.05) is 18.5 Å². The maximum absolute atomic E-state index is 11.8. The van der Waals surface area contributed by atoms with Gasteiger partial charge >= 0.3 is 0 Å². The number of nitrogens with one attached hydrogen (secondary N) is 1. The molecule has 1 aromatic rings. The third-order valence-corrected chi connectivity index (χ3v) is 3.47. The van der Waals surface area contributed by atoms with Crippen LogP contribution in [-0.4, -0.2) is 24.0 Å². The molecule has 0 bridgehead atoms. The van der Waals surface area contributed by atoms with Gasteiger partial charge in [-0.2, -0.15) is 11.8 Å². The molecule has 0 aromatic heterocycles. The number of hydrogen-bond donors (Lipinski definition) is 2. The minimum absolute atomic E-state index is 0. The zero-order valence-corrected chi connectivity index (χ0v) is 12.1. The Bertz CT molecular complexity index is 388. The maximum atomic E-state index is 11.8. The first-order valence-electron chi connectivity index (χ1n) is 4.90. The van der Waals surface area contributed by atoms with Crippen LogP contribution in [0.4, 0.5) is 5.69 Å². The number of anilines is 1. The Balaban J connectivity index is 0.00000256. The van der Waals surface area contributed by atoms with Crippen LogP contribution in [0.25, 0.3) is 0 Å². The maximum Gasteiger partial charge on any atom is 0.252 e. The van der Waals surface area contributed by atoms with E-state index in [0.29, 0.717) is 28.1 Å². The first kappa shape index (κ1) is 16.4. The number of thioether (sulfide) groups is 1. The van der Waals surface area contributed by atoms with Gasteiger partial charge in [0.2, 0.25) is 0 Å². The van der Waals surface area contributed by atoms with Crippen LogP contribution < -0.4 is 11.1 Å². The molecule has 0 radical (unpaired) electrons. The van der Waals surface area contributed by atoms with Gasteiger partial charge in [-0.3, -0.25) is 4.79 Å². The highest BCUT2D eigenvalue weighted by Crippen LogP contribution is 2.19. The number of amides is 1. The fraction of sp³-hybridized carbons (Fsp3) is 0.364. The van der Waals surface area contributed by atoms with Gasteiger partial charge in [-0.15, -0.1) is 12.4 Å². The van der Waals surface area contributed by atoms with Crippen LogP contribution in [0.3, 0.4) is 0 Å². The molecule has 0 saturated carbocycles. The van der Waals surface area contributed by atoms with Gasteiger partial charge in [0.05, 0.1) is 10.6 Å². The SMILES string of the molecule is CSC(C)CNC(=O)c1ccc(N)cc1Cl.Cl. The summed E-state index contributed by atoms with van der Waals surface area (Å²) in [5.41, 5.74) is 6.57. The summed E-state index contributed by atoms with van der Waals surface area (Å²) in [5, 5.41) is 3.59. The summed E-state index contributed by atoms with van der Waals surface area (Å²) in [6.07, 6.45) is 2.01. The third-order valence-electron chi connectivity index (χ3n) is 2.19. The average molecular weight is 295 g/mol. The standard InChI is InChI=1S/C11H15ClN2OS.ClH/c1-7(16-2)6-14-11(15)9-4-3-8(13)5-10(9)12;/h3-5,7H,6,13H2,1-2H3,(H,14,15);1H. The van der Waals surface area contributed by atoms with Gasteiger partial charge in [-0.05, 0) is 24.5 Å². The Morgan fingerprint density at radius 1 is 1.59 bits per heavy atom. The first-order valence-corrected chi connectivity index (χ1v) is 6.57. The molecule has 17 heavy (non-hydrogen) atoms. The van der Waals surface area contributed by atoms with Crippen LogP contribution in [0.15, 0.2) is 18.2 Å². The molecule has 0 aliphatic carbocycles. The van der Waals surface area contributed by atoms with E-state index >= 15 is 0 Å². The predicted molar refractivity (Wildman–Crippen MR) is 78.4 cm³/mol. The highest BCUT2D eigenvalue weighted by molar-refractivity contribution is 7.99. The van der Waals surface area contributed by atoms with E-state index in [1.807, 2.05) is 6.26 Å². The molecule has 0 aliphatic heterocycles. The van der Waals surface area contributed by atoms with Crippen molar-refractivity contribution >= 4 is 47.4 Å². The van der Waals surface area contributed by atoms with Gasteiger partial charge < -0.3 is 11.1 Å². The van der Waals surface area contributed by atoms with Gasteiger partial charge in [0, 0.05) is 17.5 Å². The smallest absolute Gasteiger partial charge is 0.252 e.